The van der Waals surface area contributed by atoms with Crippen LogP contribution in [0.15, 0.2) is 30.5 Å². The summed E-state index contributed by atoms with van der Waals surface area (Å²) in [6, 6.07) is 8.90. The van der Waals surface area contributed by atoms with Gasteiger partial charge in [0.25, 0.3) is 5.91 Å². The van der Waals surface area contributed by atoms with Crippen LogP contribution in [0.2, 0.25) is 0 Å². The molecular formula is C17H17N3O. The Morgan fingerprint density at radius 1 is 1.33 bits per heavy atom. The molecule has 1 amide bonds. The maximum absolute atomic E-state index is 12.4. The molecule has 0 aliphatic carbocycles. The number of carbonyl (C=O) groups excluding carboxylic acids is 1. The van der Waals surface area contributed by atoms with Crippen molar-refractivity contribution in [3.05, 3.63) is 41.7 Å². The maximum atomic E-state index is 12.4. The van der Waals surface area contributed by atoms with Gasteiger partial charge in [0, 0.05) is 29.8 Å². The Bertz CT molecular complexity index is 755. The standard InChI is InChI=1S/C17H17N3O/c1-2-13-6-7-14-5-3-11(10-20(13)14)17(21)19-16-9-12-4-8-15(16)18-12/h1,3,5-7,10,12,15-16,18H,4,8-9H2,(H,19,21)/t12-,15+,16-/m1/s1. The molecule has 0 unspecified atom stereocenters. The van der Waals surface area contributed by atoms with E-state index in [1.807, 2.05) is 34.9 Å². The summed E-state index contributed by atoms with van der Waals surface area (Å²) in [5.41, 5.74) is 2.42. The van der Waals surface area contributed by atoms with E-state index >= 15 is 0 Å². The zero-order valence-corrected chi connectivity index (χ0v) is 11.7. The van der Waals surface area contributed by atoms with Gasteiger partial charge in [-0.15, -0.1) is 6.42 Å². The lowest BCUT2D eigenvalue weighted by Gasteiger charge is -2.21. The zero-order chi connectivity index (χ0) is 14.4. The van der Waals surface area contributed by atoms with Crippen molar-refractivity contribution in [1.29, 1.82) is 0 Å². The minimum atomic E-state index is -0.0204. The third kappa shape index (κ3) is 2.01. The number of fused-ring (bicyclic) bond motifs is 3. The Hall–Kier alpha value is -2.25. The second-order valence-electron chi connectivity index (χ2n) is 5.94. The highest BCUT2D eigenvalue weighted by atomic mass is 16.1. The molecule has 0 radical (unpaired) electrons. The molecule has 3 atom stereocenters. The molecule has 2 aliphatic heterocycles. The molecule has 4 heterocycles. The third-order valence-corrected chi connectivity index (χ3v) is 4.68. The molecule has 4 rings (SSSR count). The number of nitrogens with one attached hydrogen (secondary N) is 2. The van der Waals surface area contributed by atoms with Crippen LogP contribution in [0.25, 0.3) is 5.52 Å². The number of hydrogen-bond acceptors (Lipinski definition) is 2. The summed E-state index contributed by atoms with van der Waals surface area (Å²) in [4.78, 5) is 12.4. The highest BCUT2D eigenvalue weighted by Gasteiger charge is 2.39. The Morgan fingerprint density at radius 3 is 2.90 bits per heavy atom. The van der Waals surface area contributed by atoms with E-state index in [0.717, 1.165) is 24.1 Å². The van der Waals surface area contributed by atoms with Gasteiger partial charge in [-0.25, -0.2) is 0 Å². The zero-order valence-electron chi connectivity index (χ0n) is 11.7. The lowest BCUT2D eigenvalue weighted by atomic mass is 9.95. The molecule has 4 heteroatoms. The van der Waals surface area contributed by atoms with Crippen LogP contribution in [-0.2, 0) is 0 Å². The van der Waals surface area contributed by atoms with Crippen LogP contribution in [0.4, 0.5) is 0 Å². The van der Waals surface area contributed by atoms with Crippen LogP contribution < -0.4 is 10.6 Å². The summed E-state index contributed by atoms with van der Waals surface area (Å²) in [5, 5.41) is 6.69. The number of amides is 1. The average molecular weight is 279 g/mol. The fourth-order valence-electron chi connectivity index (χ4n) is 3.59. The number of aromatic nitrogens is 1. The first-order valence-corrected chi connectivity index (χ1v) is 7.39. The van der Waals surface area contributed by atoms with E-state index in [0.29, 0.717) is 17.6 Å². The van der Waals surface area contributed by atoms with E-state index in [1.165, 1.54) is 6.42 Å². The van der Waals surface area contributed by atoms with Gasteiger partial charge in [0.2, 0.25) is 0 Å². The number of terminal acetylenes is 1. The van der Waals surface area contributed by atoms with Gasteiger partial charge >= 0.3 is 0 Å². The summed E-state index contributed by atoms with van der Waals surface area (Å²) in [6.07, 6.45) is 10.7. The van der Waals surface area contributed by atoms with Crippen molar-refractivity contribution >= 4 is 11.4 Å². The predicted octanol–water partition coefficient (Wildman–Crippen LogP) is 1.54. The first-order chi connectivity index (χ1) is 10.2. The molecule has 2 bridgehead atoms. The van der Waals surface area contributed by atoms with Crippen LogP contribution in [0.1, 0.15) is 35.3 Å². The van der Waals surface area contributed by atoms with Gasteiger partial charge in [-0.3, -0.25) is 4.79 Å². The second kappa shape index (κ2) is 4.64. The summed E-state index contributed by atoms with van der Waals surface area (Å²) in [5.74, 6) is 2.61. The monoisotopic (exact) mass is 279 g/mol. The Balaban J connectivity index is 1.58. The fourth-order valence-corrected chi connectivity index (χ4v) is 3.59. The molecule has 4 nitrogen and oxygen atoms in total. The summed E-state index contributed by atoms with van der Waals surface area (Å²) >= 11 is 0. The minimum Gasteiger partial charge on any atom is -0.348 e. The lowest BCUT2D eigenvalue weighted by molar-refractivity contribution is 0.0930. The normalized spacial score (nSPS) is 26.9. The van der Waals surface area contributed by atoms with Crippen molar-refractivity contribution in [1.82, 2.24) is 15.0 Å². The molecule has 2 aliphatic rings. The van der Waals surface area contributed by atoms with E-state index in [1.54, 1.807) is 0 Å². The smallest absolute Gasteiger partial charge is 0.253 e. The van der Waals surface area contributed by atoms with Gasteiger partial charge in [-0.2, -0.15) is 0 Å². The molecule has 2 aromatic heterocycles. The van der Waals surface area contributed by atoms with Crippen LogP contribution in [0.3, 0.4) is 0 Å². The first-order valence-electron chi connectivity index (χ1n) is 7.39. The topological polar surface area (TPSA) is 45.5 Å². The average Bonchev–Trinajstić information content (AvgIpc) is 3.21. The molecule has 106 valence electrons. The molecule has 2 aromatic rings. The van der Waals surface area contributed by atoms with Gasteiger partial charge in [-0.05, 0) is 43.5 Å². The highest BCUT2D eigenvalue weighted by Crippen LogP contribution is 2.28. The number of pyridine rings is 1. The Morgan fingerprint density at radius 2 is 2.19 bits per heavy atom. The van der Waals surface area contributed by atoms with Crippen LogP contribution >= 0.6 is 0 Å². The first kappa shape index (κ1) is 12.5. The summed E-state index contributed by atoms with van der Waals surface area (Å²) < 4.78 is 1.88. The molecule has 0 saturated carbocycles. The van der Waals surface area contributed by atoms with Gasteiger partial charge in [0.1, 0.15) is 0 Å². The third-order valence-electron chi connectivity index (χ3n) is 4.68. The van der Waals surface area contributed by atoms with Gasteiger partial charge in [-0.1, -0.05) is 5.92 Å². The summed E-state index contributed by atoms with van der Waals surface area (Å²) in [7, 11) is 0. The predicted molar refractivity (Wildman–Crippen MR) is 81.1 cm³/mol. The number of rotatable bonds is 2. The molecule has 2 saturated heterocycles. The van der Waals surface area contributed by atoms with E-state index in [9.17, 15) is 4.79 Å². The second-order valence-corrected chi connectivity index (χ2v) is 5.94. The van der Waals surface area contributed by atoms with Crippen LogP contribution in [-0.4, -0.2) is 28.4 Å². The number of hydrogen-bond donors (Lipinski definition) is 2. The number of carbonyl (C=O) groups is 1. The van der Waals surface area contributed by atoms with Crippen LogP contribution in [0, 0.1) is 12.3 Å². The highest BCUT2D eigenvalue weighted by molar-refractivity contribution is 5.94. The van der Waals surface area contributed by atoms with Crippen molar-refractivity contribution < 1.29 is 4.79 Å². The molecule has 2 fully saturated rings. The number of nitrogens with zero attached hydrogens (tertiary/aromatic N) is 1. The summed E-state index contributed by atoms with van der Waals surface area (Å²) in [6.45, 7) is 0. The largest absolute Gasteiger partial charge is 0.348 e. The Labute approximate surface area is 123 Å². The van der Waals surface area contributed by atoms with E-state index in [2.05, 4.69) is 16.6 Å². The van der Waals surface area contributed by atoms with Crippen molar-refractivity contribution in [2.24, 2.45) is 0 Å². The maximum Gasteiger partial charge on any atom is 0.253 e. The van der Waals surface area contributed by atoms with Gasteiger partial charge in [0.05, 0.1) is 11.3 Å². The van der Waals surface area contributed by atoms with E-state index in [4.69, 9.17) is 6.42 Å². The van der Waals surface area contributed by atoms with Crippen LogP contribution in [0.5, 0.6) is 0 Å². The quantitative estimate of drug-likeness (QED) is 0.819. The molecule has 0 aromatic carbocycles. The van der Waals surface area contributed by atoms with Crippen molar-refractivity contribution in [2.75, 3.05) is 0 Å². The molecule has 0 spiro atoms. The van der Waals surface area contributed by atoms with Gasteiger partial charge in [0.15, 0.2) is 0 Å². The SMILES string of the molecule is C#Cc1ccc2ccc(C(=O)N[C@@H]3C[C@H]4CC[C@@H]3N4)cn12. The minimum absolute atomic E-state index is 0.0204. The van der Waals surface area contributed by atoms with E-state index in [-0.39, 0.29) is 11.9 Å². The van der Waals surface area contributed by atoms with Crippen molar-refractivity contribution in [3.8, 4) is 12.3 Å². The molecule has 2 N–H and O–H groups in total. The molecule has 21 heavy (non-hydrogen) atoms. The van der Waals surface area contributed by atoms with Gasteiger partial charge < -0.3 is 15.0 Å². The lowest BCUT2D eigenvalue weighted by Crippen LogP contribution is -2.42. The fraction of sp³-hybridized carbons (Fsp3) is 0.353. The molecular weight excluding hydrogens is 262 g/mol. The van der Waals surface area contributed by atoms with Crippen molar-refractivity contribution in [2.45, 2.75) is 37.4 Å². The van der Waals surface area contributed by atoms with E-state index < -0.39 is 0 Å². The Kier molecular flexibility index (Phi) is 2.76. The van der Waals surface area contributed by atoms with Crippen molar-refractivity contribution in [3.63, 3.8) is 0 Å².